The molecule has 0 atom stereocenters. The Hall–Kier alpha value is -1.28. The van der Waals surface area contributed by atoms with Crippen molar-refractivity contribution in [3.63, 3.8) is 0 Å². The Kier molecular flexibility index (Phi) is 6.84. The van der Waals surface area contributed by atoms with E-state index >= 15 is 0 Å². The van der Waals surface area contributed by atoms with Crippen LogP contribution < -0.4 is 0 Å². The minimum atomic E-state index is -5.74. The number of benzene rings is 1. The number of halogens is 6. The summed E-state index contributed by atoms with van der Waals surface area (Å²) >= 11 is 0. The van der Waals surface area contributed by atoms with Crippen LogP contribution in [0.3, 0.4) is 0 Å². The Bertz CT molecular complexity index is 564. The van der Waals surface area contributed by atoms with E-state index in [-0.39, 0.29) is 31.7 Å². The molecule has 1 saturated carbocycles. The van der Waals surface area contributed by atoms with Gasteiger partial charge in [-0.2, -0.15) is 26.3 Å². The molecule has 0 radical (unpaired) electrons. The maximum Gasteiger partial charge on any atom is 0.426 e. The molecule has 0 amide bonds. The molecule has 0 aromatic heterocycles. The maximum absolute atomic E-state index is 13.1. The van der Waals surface area contributed by atoms with E-state index in [1.54, 1.807) is 0 Å². The van der Waals surface area contributed by atoms with Gasteiger partial charge in [0.2, 0.25) is 0 Å². The predicted octanol–water partition coefficient (Wildman–Crippen LogP) is 5.31. The highest BCUT2D eigenvalue weighted by Crippen LogP contribution is 2.51. The molecule has 27 heavy (non-hydrogen) atoms. The van der Waals surface area contributed by atoms with Crippen molar-refractivity contribution in [1.82, 2.24) is 4.90 Å². The van der Waals surface area contributed by atoms with Crippen LogP contribution in [-0.2, 0) is 6.54 Å². The molecule has 1 fully saturated rings. The van der Waals surface area contributed by atoms with Gasteiger partial charge in [-0.3, -0.25) is 4.90 Å². The van der Waals surface area contributed by atoms with Crippen molar-refractivity contribution >= 4 is 0 Å². The summed E-state index contributed by atoms with van der Waals surface area (Å²) in [6.07, 6.45) is -10.9. The van der Waals surface area contributed by atoms with Crippen molar-refractivity contribution in [2.75, 3.05) is 6.54 Å². The van der Waals surface area contributed by atoms with E-state index in [0.29, 0.717) is 13.1 Å². The van der Waals surface area contributed by atoms with Crippen LogP contribution in [0.2, 0.25) is 0 Å². The third-order valence-corrected chi connectivity index (χ3v) is 5.41. The lowest BCUT2D eigenvalue weighted by molar-refractivity contribution is -0.387. The second kappa shape index (κ2) is 8.39. The van der Waals surface area contributed by atoms with Gasteiger partial charge in [0.25, 0.3) is 5.60 Å². The van der Waals surface area contributed by atoms with Crippen molar-refractivity contribution < 1.29 is 31.4 Å². The van der Waals surface area contributed by atoms with Gasteiger partial charge >= 0.3 is 12.4 Å². The highest BCUT2D eigenvalue weighted by molar-refractivity contribution is 5.14. The summed E-state index contributed by atoms with van der Waals surface area (Å²) in [5.41, 5.74) is -3.59. The molecule has 0 aliphatic heterocycles. The van der Waals surface area contributed by atoms with Crippen LogP contribution in [0.5, 0.6) is 0 Å². The van der Waals surface area contributed by atoms with Crippen LogP contribution in [0.4, 0.5) is 26.3 Å². The first-order valence-corrected chi connectivity index (χ1v) is 9.14. The number of hydrogen-bond acceptors (Lipinski definition) is 2. The van der Waals surface area contributed by atoms with E-state index in [9.17, 15) is 31.4 Å². The Labute approximate surface area is 155 Å². The van der Waals surface area contributed by atoms with Crippen molar-refractivity contribution in [2.45, 2.75) is 69.6 Å². The molecule has 1 N–H and O–H groups in total. The van der Waals surface area contributed by atoms with Gasteiger partial charge in [0.15, 0.2) is 0 Å². The van der Waals surface area contributed by atoms with Gasteiger partial charge in [-0.1, -0.05) is 37.3 Å². The van der Waals surface area contributed by atoms with Gasteiger partial charge < -0.3 is 5.11 Å². The minimum Gasteiger partial charge on any atom is -0.373 e. The van der Waals surface area contributed by atoms with Gasteiger partial charge in [0, 0.05) is 18.5 Å². The molecule has 2 nitrogen and oxygen atoms in total. The standard InChI is InChI=1S/C19H25F6NO/c1-2-12-26(13-14-6-4-3-5-7-14)16-10-8-15(9-11-16)17(27,18(20,21)22)19(23,24)25/h3-7,15-16,27H,2,8-13H2,1H3. The Morgan fingerprint density at radius 3 is 1.89 bits per heavy atom. The number of rotatable bonds is 6. The van der Waals surface area contributed by atoms with Gasteiger partial charge in [-0.25, -0.2) is 0 Å². The summed E-state index contributed by atoms with van der Waals surface area (Å²) in [4.78, 5) is 2.12. The van der Waals surface area contributed by atoms with Crippen molar-refractivity contribution in [3.8, 4) is 0 Å². The second-order valence-corrected chi connectivity index (χ2v) is 7.22. The third-order valence-electron chi connectivity index (χ3n) is 5.41. The average Bonchev–Trinajstić information content (AvgIpc) is 2.60. The van der Waals surface area contributed by atoms with Crippen LogP contribution in [0, 0.1) is 5.92 Å². The molecule has 2 rings (SSSR count). The van der Waals surface area contributed by atoms with Crippen LogP contribution >= 0.6 is 0 Å². The lowest BCUT2D eigenvalue weighted by Gasteiger charge is -2.44. The van der Waals surface area contributed by atoms with E-state index in [4.69, 9.17) is 0 Å². The minimum absolute atomic E-state index is 0.0906. The second-order valence-electron chi connectivity index (χ2n) is 7.22. The first-order valence-electron chi connectivity index (χ1n) is 9.14. The highest BCUT2D eigenvalue weighted by Gasteiger charge is 2.73. The number of aliphatic hydroxyl groups is 1. The predicted molar refractivity (Wildman–Crippen MR) is 89.9 cm³/mol. The molecule has 1 aromatic rings. The van der Waals surface area contributed by atoms with E-state index in [1.807, 2.05) is 37.3 Å². The molecule has 0 spiro atoms. The van der Waals surface area contributed by atoms with E-state index in [2.05, 4.69) is 4.90 Å². The van der Waals surface area contributed by atoms with E-state index in [1.165, 1.54) is 0 Å². The van der Waals surface area contributed by atoms with Gasteiger partial charge in [-0.05, 0) is 44.2 Å². The average molecular weight is 397 g/mol. The molecule has 0 unspecified atom stereocenters. The molecule has 0 bridgehead atoms. The van der Waals surface area contributed by atoms with Gasteiger partial charge in [0.05, 0.1) is 0 Å². The molecular weight excluding hydrogens is 372 g/mol. The van der Waals surface area contributed by atoms with E-state index in [0.717, 1.165) is 12.0 Å². The summed E-state index contributed by atoms with van der Waals surface area (Å²) in [6.45, 7) is 3.30. The lowest BCUT2D eigenvalue weighted by Crippen LogP contribution is -2.62. The quantitative estimate of drug-likeness (QED) is 0.658. The molecule has 0 saturated heterocycles. The normalized spacial score (nSPS) is 22.3. The van der Waals surface area contributed by atoms with Crippen LogP contribution in [0.25, 0.3) is 0 Å². The highest BCUT2D eigenvalue weighted by atomic mass is 19.4. The smallest absolute Gasteiger partial charge is 0.373 e. The first-order chi connectivity index (χ1) is 12.5. The first kappa shape index (κ1) is 22.0. The van der Waals surface area contributed by atoms with Crippen molar-refractivity contribution in [2.24, 2.45) is 5.92 Å². The maximum atomic E-state index is 13.1. The number of nitrogens with zero attached hydrogens (tertiary/aromatic N) is 1. The SMILES string of the molecule is CCCN(Cc1ccccc1)C1CCC(C(O)(C(F)(F)F)C(F)(F)F)CC1. The van der Waals surface area contributed by atoms with Crippen molar-refractivity contribution in [3.05, 3.63) is 35.9 Å². The summed E-state index contributed by atoms with van der Waals surface area (Å²) in [5, 5.41) is 9.61. The van der Waals surface area contributed by atoms with Gasteiger partial charge in [-0.15, -0.1) is 0 Å². The molecular formula is C19H25F6NO. The lowest BCUT2D eigenvalue weighted by atomic mass is 9.74. The largest absolute Gasteiger partial charge is 0.426 e. The summed E-state index contributed by atoms with van der Waals surface area (Å²) in [7, 11) is 0. The molecule has 0 heterocycles. The van der Waals surface area contributed by atoms with Crippen LogP contribution in [0.15, 0.2) is 30.3 Å². The Morgan fingerprint density at radius 2 is 1.44 bits per heavy atom. The molecule has 8 heteroatoms. The zero-order valence-corrected chi connectivity index (χ0v) is 15.2. The van der Waals surface area contributed by atoms with Crippen LogP contribution in [0.1, 0.15) is 44.6 Å². The molecule has 1 aliphatic rings. The zero-order valence-electron chi connectivity index (χ0n) is 15.2. The van der Waals surface area contributed by atoms with Gasteiger partial charge in [0.1, 0.15) is 0 Å². The van der Waals surface area contributed by atoms with E-state index < -0.39 is 23.9 Å². The van der Waals surface area contributed by atoms with Crippen LogP contribution in [-0.4, -0.2) is 40.5 Å². The number of alkyl halides is 6. The fourth-order valence-electron chi connectivity index (χ4n) is 3.98. The summed E-state index contributed by atoms with van der Waals surface area (Å²) < 4.78 is 78.4. The fourth-order valence-corrected chi connectivity index (χ4v) is 3.98. The summed E-state index contributed by atoms with van der Waals surface area (Å²) in [6, 6.07) is 9.47. The molecule has 154 valence electrons. The Balaban J connectivity index is 2.09. The monoisotopic (exact) mass is 397 g/mol. The topological polar surface area (TPSA) is 23.5 Å². The number of hydrogen-bond donors (Lipinski definition) is 1. The van der Waals surface area contributed by atoms with Crippen molar-refractivity contribution in [1.29, 1.82) is 0 Å². The Morgan fingerprint density at radius 1 is 0.926 bits per heavy atom. The molecule has 1 aliphatic carbocycles. The zero-order chi connectivity index (χ0) is 20.3. The summed E-state index contributed by atoms with van der Waals surface area (Å²) in [5.74, 6) is -1.87. The molecule has 1 aromatic carbocycles. The fraction of sp³-hybridized carbons (Fsp3) is 0.684. The third kappa shape index (κ3) is 4.77.